The number of aromatic nitrogens is 1. The first-order valence-electron chi connectivity index (χ1n) is 11.1. The van der Waals surface area contributed by atoms with E-state index < -0.39 is 0 Å². The van der Waals surface area contributed by atoms with Gasteiger partial charge < -0.3 is 9.84 Å². The van der Waals surface area contributed by atoms with Crippen LogP contribution in [0, 0.1) is 11.8 Å². The Balaban J connectivity index is 1.66. The minimum Gasteiger partial charge on any atom is -0.508 e. The molecule has 28 heavy (non-hydrogen) atoms. The lowest BCUT2D eigenvalue weighted by Gasteiger charge is -2.52. The topological polar surface area (TPSA) is 45.6 Å². The second-order valence-corrected chi connectivity index (χ2v) is 8.62. The average molecular weight is 383 g/mol. The summed E-state index contributed by atoms with van der Waals surface area (Å²) in [5.74, 6) is 1.95. The lowest BCUT2D eigenvalue weighted by atomic mass is 9.72. The number of unbranched alkanes of at least 4 members (excludes halogenated alkanes) is 2. The Labute approximate surface area is 168 Å². The van der Waals surface area contributed by atoms with E-state index in [9.17, 15) is 5.11 Å². The van der Waals surface area contributed by atoms with Crippen molar-refractivity contribution in [2.45, 2.75) is 64.5 Å². The summed E-state index contributed by atoms with van der Waals surface area (Å²) in [4.78, 5) is 7.19. The summed E-state index contributed by atoms with van der Waals surface area (Å²) in [7, 11) is 0. The van der Waals surface area contributed by atoms with Gasteiger partial charge in [0.2, 0.25) is 0 Å². The van der Waals surface area contributed by atoms with E-state index in [1.165, 1.54) is 50.8 Å². The molecule has 1 aromatic heterocycles. The molecule has 3 fully saturated rings. The van der Waals surface area contributed by atoms with Crippen LogP contribution in [-0.2, 0) is 4.74 Å². The Kier molecular flexibility index (Phi) is 6.17. The maximum absolute atomic E-state index is 10.1. The number of pyridine rings is 1. The molecule has 4 nitrogen and oxygen atoms in total. The van der Waals surface area contributed by atoms with Crippen LogP contribution in [0.3, 0.4) is 0 Å². The number of piperidine rings is 3. The summed E-state index contributed by atoms with van der Waals surface area (Å²) >= 11 is 0. The summed E-state index contributed by atoms with van der Waals surface area (Å²) < 4.78 is 6.59. The number of hydrogen-bond acceptors (Lipinski definition) is 4. The van der Waals surface area contributed by atoms with E-state index >= 15 is 0 Å². The highest BCUT2D eigenvalue weighted by molar-refractivity contribution is 5.83. The van der Waals surface area contributed by atoms with E-state index in [0.717, 1.165) is 35.8 Å². The summed E-state index contributed by atoms with van der Waals surface area (Å²) in [6.07, 6.45) is 9.29. The fourth-order valence-electron chi connectivity index (χ4n) is 5.33. The summed E-state index contributed by atoms with van der Waals surface area (Å²) in [5.41, 5.74) is 2.11. The van der Waals surface area contributed by atoms with Crippen molar-refractivity contribution in [3.63, 3.8) is 0 Å². The van der Waals surface area contributed by atoms with Gasteiger partial charge in [0.25, 0.3) is 0 Å². The molecule has 3 saturated heterocycles. The number of rotatable bonds is 8. The van der Waals surface area contributed by atoms with Gasteiger partial charge in [-0.3, -0.25) is 9.88 Å². The van der Waals surface area contributed by atoms with Crippen LogP contribution in [0.15, 0.2) is 30.5 Å². The average Bonchev–Trinajstić information content (AvgIpc) is 2.74. The molecule has 1 N–H and O–H groups in total. The van der Waals surface area contributed by atoms with Gasteiger partial charge >= 0.3 is 0 Å². The summed E-state index contributed by atoms with van der Waals surface area (Å²) in [6.45, 7) is 7.75. The van der Waals surface area contributed by atoms with Crippen LogP contribution in [0.1, 0.15) is 64.0 Å². The van der Waals surface area contributed by atoms with E-state index in [1.807, 2.05) is 18.3 Å². The maximum atomic E-state index is 10.1. The number of nitrogens with zero attached hydrogens (tertiary/aromatic N) is 2. The van der Waals surface area contributed by atoms with Crippen LogP contribution in [0.4, 0.5) is 0 Å². The lowest BCUT2D eigenvalue weighted by Crippen LogP contribution is -2.55. The van der Waals surface area contributed by atoms with Crippen LogP contribution >= 0.6 is 0 Å². The summed E-state index contributed by atoms with van der Waals surface area (Å²) in [6, 6.07) is 8.01. The largest absolute Gasteiger partial charge is 0.508 e. The molecule has 0 amide bonds. The van der Waals surface area contributed by atoms with Crippen LogP contribution in [0.5, 0.6) is 5.75 Å². The maximum Gasteiger partial charge on any atom is 0.116 e. The van der Waals surface area contributed by atoms with Crippen LogP contribution in [-0.4, -0.2) is 40.7 Å². The van der Waals surface area contributed by atoms with Crippen molar-refractivity contribution in [1.29, 1.82) is 0 Å². The van der Waals surface area contributed by atoms with Gasteiger partial charge in [0.05, 0.1) is 11.6 Å². The van der Waals surface area contributed by atoms with Crippen LogP contribution in [0.25, 0.3) is 10.9 Å². The molecule has 4 heterocycles. The number of aromatic hydroxyl groups is 1. The minimum absolute atomic E-state index is 0.0461. The number of fused-ring (bicyclic) bond motifs is 4. The van der Waals surface area contributed by atoms with Gasteiger partial charge in [-0.25, -0.2) is 0 Å². The quantitative estimate of drug-likeness (QED) is 0.629. The van der Waals surface area contributed by atoms with E-state index in [-0.39, 0.29) is 6.10 Å². The molecule has 0 radical (unpaired) electrons. The molecule has 1 aromatic carbocycles. The zero-order valence-corrected chi connectivity index (χ0v) is 17.3. The molecule has 3 aliphatic heterocycles. The Bertz CT molecular complexity index is 793. The normalized spacial score (nSPS) is 27.9. The number of phenols is 1. The number of benzene rings is 1. The molecule has 5 rings (SSSR count). The van der Waals surface area contributed by atoms with Gasteiger partial charge in [-0.2, -0.15) is 0 Å². The van der Waals surface area contributed by atoms with E-state index in [2.05, 4.69) is 29.8 Å². The molecule has 0 aliphatic carbocycles. The SMILES string of the molecule is CCCCCO[C@H](c1ccnc2ccc(O)cc12)[C@@H]1C[C@@H]2CCN1C[C@@H]2CC. The Morgan fingerprint density at radius 2 is 2.14 bits per heavy atom. The van der Waals surface area contributed by atoms with Gasteiger partial charge in [-0.05, 0) is 67.5 Å². The Morgan fingerprint density at radius 3 is 2.89 bits per heavy atom. The molecule has 2 aromatic rings. The van der Waals surface area contributed by atoms with Gasteiger partial charge in [0.1, 0.15) is 5.75 Å². The fraction of sp³-hybridized carbons (Fsp3) is 0.625. The van der Waals surface area contributed by atoms with Crippen molar-refractivity contribution in [1.82, 2.24) is 9.88 Å². The van der Waals surface area contributed by atoms with Crippen LogP contribution in [0.2, 0.25) is 0 Å². The summed E-state index contributed by atoms with van der Waals surface area (Å²) in [5, 5.41) is 11.1. The van der Waals surface area contributed by atoms with Crippen molar-refractivity contribution in [2.24, 2.45) is 11.8 Å². The molecule has 5 atom stereocenters. The second-order valence-electron chi connectivity index (χ2n) is 8.62. The standard InChI is InChI=1S/C24H34N2O2/c1-3-5-6-13-28-24(23-14-18-10-12-26(23)16-17(18)4-2)20-9-11-25-22-8-7-19(27)15-21(20)22/h7-9,11,15,17-18,23-24,27H,3-6,10,12-14,16H2,1-2H3/t17-,18-,23-,24+/m0/s1. The second kappa shape index (κ2) is 8.79. The Morgan fingerprint density at radius 1 is 1.25 bits per heavy atom. The molecule has 4 heteroatoms. The van der Waals surface area contributed by atoms with Crippen molar-refractivity contribution < 1.29 is 9.84 Å². The lowest BCUT2D eigenvalue weighted by molar-refractivity contribution is -0.0834. The van der Waals surface area contributed by atoms with Gasteiger partial charge in [-0.1, -0.05) is 33.1 Å². The van der Waals surface area contributed by atoms with Crippen molar-refractivity contribution in [2.75, 3.05) is 19.7 Å². The minimum atomic E-state index is 0.0461. The smallest absolute Gasteiger partial charge is 0.116 e. The molecule has 152 valence electrons. The third kappa shape index (κ3) is 3.90. The van der Waals surface area contributed by atoms with Crippen molar-refractivity contribution in [3.05, 3.63) is 36.0 Å². The van der Waals surface area contributed by atoms with Crippen LogP contribution < -0.4 is 0 Å². The van der Waals surface area contributed by atoms with Gasteiger partial charge in [0.15, 0.2) is 0 Å². The van der Waals surface area contributed by atoms with Gasteiger partial charge in [0, 0.05) is 30.8 Å². The van der Waals surface area contributed by atoms with Gasteiger partial charge in [-0.15, -0.1) is 0 Å². The first kappa shape index (κ1) is 19.7. The molecule has 0 saturated carbocycles. The Hall–Kier alpha value is -1.65. The zero-order chi connectivity index (χ0) is 19.5. The fourth-order valence-corrected chi connectivity index (χ4v) is 5.33. The van der Waals surface area contributed by atoms with E-state index in [4.69, 9.17) is 4.74 Å². The zero-order valence-electron chi connectivity index (χ0n) is 17.3. The molecular weight excluding hydrogens is 348 g/mol. The third-order valence-corrected chi connectivity index (χ3v) is 6.92. The molecule has 2 bridgehead atoms. The highest BCUT2D eigenvalue weighted by Crippen LogP contribution is 2.44. The molecular formula is C24H34N2O2. The molecule has 3 aliphatic rings. The third-order valence-electron chi connectivity index (χ3n) is 6.92. The monoisotopic (exact) mass is 382 g/mol. The molecule has 1 unspecified atom stereocenters. The number of phenolic OH excluding ortho intramolecular Hbond substituents is 1. The predicted octanol–water partition coefficient (Wildman–Crippen LogP) is 5.31. The predicted molar refractivity (Wildman–Crippen MR) is 113 cm³/mol. The van der Waals surface area contributed by atoms with Crippen molar-refractivity contribution >= 4 is 10.9 Å². The van der Waals surface area contributed by atoms with E-state index in [1.54, 1.807) is 6.07 Å². The number of hydrogen-bond donors (Lipinski definition) is 1. The highest BCUT2D eigenvalue weighted by Gasteiger charge is 2.43. The number of ether oxygens (including phenoxy) is 1. The molecule has 0 spiro atoms. The first-order chi connectivity index (χ1) is 13.7. The van der Waals surface area contributed by atoms with Crippen molar-refractivity contribution in [3.8, 4) is 5.75 Å². The first-order valence-corrected chi connectivity index (χ1v) is 11.1. The van der Waals surface area contributed by atoms with E-state index in [0.29, 0.717) is 11.8 Å². The highest BCUT2D eigenvalue weighted by atomic mass is 16.5.